The number of aliphatic carboxylic acids is 1. The summed E-state index contributed by atoms with van der Waals surface area (Å²) in [7, 11) is 1.38. The van der Waals surface area contributed by atoms with Crippen molar-refractivity contribution < 1.29 is 29.0 Å². The molecule has 326 valence electrons. The van der Waals surface area contributed by atoms with Gasteiger partial charge in [-0.05, 0) is 98.9 Å². The fraction of sp³-hybridized carbons (Fsp3) is 0.373. The van der Waals surface area contributed by atoms with Gasteiger partial charge in [-0.3, -0.25) is 9.59 Å². The molecule has 0 spiro atoms. The lowest BCUT2D eigenvalue weighted by molar-refractivity contribution is -0.145. The van der Waals surface area contributed by atoms with Crippen LogP contribution in [0.3, 0.4) is 0 Å². The van der Waals surface area contributed by atoms with Crippen molar-refractivity contribution in [3.8, 4) is 22.5 Å². The maximum absolute atomic E-state index is 13.5. The first-order chi connectivity index (χ1) is 30.7. The second-order valence-corrected chi connectivity index (χ2v) is 17.5. The second-order valence-electron chi connectivity index (χ2n) is 17.5. The summed E-state index contributed by atoms with van der Waals surface area (Å²) in [5, 5.41) is 18.8. The molecule has 0 radical (unpaired) electrons. The van der Waals surface area contributed by atoms with Gasteiger partial charge in [-0.2, -0.15) is 0 Å². The number of aromatic nitrogens is 2. The van der Waals surface area contributed by atoms with E-state index in [0.717, 1.165) is 94.2 Å². The number of methoxy groups -OCH3 is 1. The number of H-pyrrole nitrogens is 2. The van der Waals surface area contributed by atoms with Gasteiger partial charge in [0.2, 0.25) is 0 Å². The van der Waals surface area contributed by atoms with Crippen LogP contribution in [0.15, 0.2) is 97.1 Å². The third-order valence-electron chi connectivity index (χ3n) is 13.3. The van der Waals surface area contributed by atoms with Gasteiger partial charge in [0.15, 0.2) is 0 Å². The number of amides is 2. The van der Waals surface area contributed by atoms with Crippen LogP contribution in [0.1, 0.15) is 97.8 Å². The summed E-state index contributed by atoms with van der Waals surface area (Å²) < 4.78 is 4.94. The molecule has 5 N–H and O–H groups in total. The van der Waals surface area contributed by atoms with Gasteiger partial charge in [-0.1, -0.05) is 86.3 Å². The van der Waals surface area contributed by atoms with Crippen LogP contribution in [0.2, 0.25) is 0 Å². The third kappa shape index (κ3) is 8.89. The number of anilines is 2. The van der Waals surface area contributed by atoms with E-state index >= 15 is 0 Å². The number of rotatable bonds is 10. The van der Waals surface area contributed by atoms with Gasteiger partial charge >= 0.3 is 11.9 Å². The molecule has 12 nitrogen and oxygen atoms in total. The molecule has 0 bridgehead atoms. The highest BCUT2D eigenvalue weighted by Crippen LogP contribution is 2.36. The number of likely N-dealkylation sites (tertiary alicyclic amines) is 2. The van der Waals surface area contributed by atoms with Crippen LogP contribution in [0, 0.1) is 0 Å². The highest BCUT2D eigenvalue weighted by Gasteiger charge is 2.37. The zero-order chi connectivity index (χ0) is 43.5. The molecule has 4 aromatic carbocycles. The van der Waals surface area contributed by atoms with E-state index in [1.165, 1.54) is 37.7 Å². The van der Waals surface area contributed by atoms with Crippen molar-refractivity contribution in [1.29, 1.82) is 0 Å². The van der Waals surface area contributed by atoms with Gasteiger partial charge in [-0.25, -0.2) is 9.59 Å². The normalized spacial score (nSPS) is 19.1. The molecule has 2 aliphatic heterocycles. The van der Waals surface area contributed by atoms with Gasteiger partial charge in [-0.15, -0.1) is 0 Å². The van der Waals surface area contributed by atoms with Gasteiger partial charge < -0.3 is 40.2 Å². The maximum atomic E-state index is 13.5. The summed E-state index contributed by atoms with van der Waals surface area (Å²) in [4.78, 5) is 60.8. The fourth-order valence-corrected chi connectivity index (χ4v) is 10.1. The Morgan fingerprint density at radius 3 is 1.43 bits per heavy atom. The average Bonchev–Trinajstić information content (AvgIpc) is 4.17. The molecule has 4 aliphatic rings. The molecule has 12 heteroatoms. The molecular weight excluding hydrogens is 793 g/mol. The number of carbonyl (C=O) groups is 4. The smallest absolute Gasteiger partial charge is 0.328 e. The Labute approximate surface area is 367 Å². The average molecular weight is 849 g/mol. The van der Waals surface area contributed by atoms with E-state index in [2.05, 4.69) is 57.0 Å². The first-order valence-electron chi connectivity index (χ1n) is 22.6. The molecule has 2 saturated heterocycles. The van der Waals surface area contributed by atoms with Crippen molar-refractivity contribution in [1.82, 2.24) is 19.8 Å². The SMILES string of the molecule is COC(=O)[C@@H]1CCCN1C(=O)c1cc(NC2CCCC2)c2[nH]c(-c3ccccc3)cc2c1.O=C(O)[C@@H]1CCCN1C(=O)c1cc(NC2CCCC2)c2[nH]c(-c3ccccc3)cc2c1. The zero-order valence-corrected chi connectivity index (χ0v) is 35.8. The zero-order valence-electron chi connectivity index (χ0n) is 35.8. The Kier molecular flexibility index (Phi) is 12.2. The number of esters is 1. The Bertz CT molecular complexity index is 2610. The fourth-order valence-electron chi connectivity index (χ4n) is 10.1. The molecule has 10 rings (SSSR count). The van der Waals surface area contributed by atoms with Crippen LogP contribution in [-0.4, -0.2) is 93.0 Å². The van der Waals surface area contributed by atoms with Crippen molar-refractivity contribution in [3.05, 3.63) is 108 Å². The standard InChI is InChI=1S/C26H29N3O3.C25H27N3O3/c1-32-26(31)23-12-7-13-29(23)25(30)19-14-18-15-21(17-8-3-2-4-9-17)28-24(18)22(16-19)27-20-10-5-6-11-20;29-24(28-12-6-11-22(28)25(30)31)18-13-17-14-20(16-7-2-1-3-8-16)27-23(17)21(15-18)26-19-9-4-5-10-19/h2-4,8-9,14-16,20,23,27-28H,5-7,10-13H2,1H3;1-3,7-8,13-15,19,22,26-27H,4-6,9-12H2,(H,30,31)/t23-;22-/m00/s1. The van der Waals surface area contributed by atoms with E-state index in [1.54, 1.807) is 4.90 Å². The number of carbonyl (C=O) groups excluding carboxylic acids is 3. The van der Waals surface area contributed by atoms with Crippen LogP contribution < -0.4 is 10.6 Å². The maximum Gasteiger partial charge on any atom is 0.328 e. The molecule has 2 aromatic heterocycles. The number of nitrogens with zero attached hydrogens (tertiary/aromatic N) is 2. The minimum absolute atomic E-state index is 0.114. The number of fused-ring (bicyclic) bond motifs is 2. The lowest BCUT2D eigenvalue weighted by Gasteiger charge is -2.23. The topological polar surface area (TPSA) is 160 Å². The van der Waals surface area contributed by atoms with E-state index in [0.29, 0.717) is 49.1 Å². The summed E-state index contributed by atoms with van der Waals surface area (Å²) in [5.74, 6) is -1.58. The van der Waals surface area contributed by atoms with Gasteiger partial charge in [0, 0.05) is 58.5 Å². The van der Waals surface area contributed by atoms with E-state index < -0.39 is 18.1 Å². The van der Waals surface area contributed by atoms with Crippen molar-refractivity contribution in [2.24, 2.45) is 0 Å². The highest BCUT2D eigenvalue weighted by atomic mass is 16.5. The summed E-state index contributed by atoms with van der Waals surface area (Å²) in [5.41, 5.74) is 9.23. The minimum atomic E-state index is -0.927. The van der Waals surface area contributed by atoms with Crippen molar-refractivity contribution in [2.45, 2.75) is 101 Å². The van der Waals surface area contributed by atoms with Gasteiger partial charge in [0.25, 0.3) is 11.8 Å². The van der Waals surface area contributed by atoms with Crippen LogP contribution in [0.25, 0.3) is 44.3 Å². The van der Waals surface area contributed by atoms with Crippen LogP contribution in [-0.2, 0) is 14.3 Å². The largest absolute Gasteiger partial charge is 0.480 e. The first kappa shape index (κ1) is 41.8. The number of benzene rings is 4. The molecule has 2 aliphatic carbocycles. The van der Waals surface area contributed by atoms with Crippen LogP contribution in [0.4, 0.5) is 11.4 Å². The molecule has 4 fully saturated rings. The van der Waals surface area contributed by atoms with E-state index in [9.17, 15) is 24.3 Å². The number of hydrogen-bond acceptors (Lipinski definition) is 7. The number of ether oxygens (including phenoxy) is 1. The molecule has 2 atom stereocenters. The molecule has 2 saturated carbocycles. The minimum Gasteiger partial charge on any atom is -0.480 e. The predicted molar refractivity (Wildman–Crippen MR) is 247 cm³/mol. The number of hydrogen-bond donors (Lipinski definition) is 5. The molecular formula is C51H56N6O6. The Hall–Kier alpha value is -6.56. The first-order valence-corrected chi connectivity index (χ1v) is 22.6. The predicted octanol–water partition coefficient (Wildman–Crippen LogP) is 9.85. The van der Waals surface area contributed by atoms with Gasteiger partial charge in [0.05, 0.1) is 29.5 Å². The highest BCUT2D eigenvalue weighted by molar-refractivity contribution is 6.06. The summed E-state index contributed by atoms with van der Waals surface area (Å²) in [6, 6.07) is 31.7. The number of nitrogens with one attached hydrogen (secondary N) is 4. The van der Waals surface area contributed by atoms with Crippen molar-refractivity contribution >= 4 is 56.9 Å². The van der Waals surface area contributed by atoms with E-state index in [1.807, 2.05) is 60.7 Å². The van der Waals surface area contributed by atoms with E-state index in [4.69, 9.17) is 4.74 Å². The third-order valence-corrected chi connectivity index (χ3v) is 13.3. The second kappa shape index (κ2) is 18.4. The lowest BCUT2D eigenvalue weighted by atomic mass is 10.1. The molecule has 63 heavy (non-hydrogen) atoms. The molecule has 4 heterocycles. The number of carboxylic acid groups (broad SMARTS) is 1. The monoisotopic (exact) mass is 848 g/mol. The van der Waals surface area contributed by atoms with E-state index in [-0.39, 0.29) is 17.8 Å². The Morgan fingerprint density at radius 2 is 1.00 bits per heavy atom. The summed E-state index contributed by atoms with van der Waals surface area (Å²) in [6.45, 7) is 1.06. The lowest BCUT2D eigenvalue weighted by Crippen LogP contribution is -2.41. The number of aromatic amines is 2. The van der Waals surface area contributed by atoms with Crippen molar-refractivity contribution in [3.63, 3.8) is 0 Å². The van der Waals surface area contributed by atoms with Crippen LogP contribution >= 0.6 is 0 Å². The molecule has 2 amide bonds. The Morgan fingerprint density at radius 1 is 0.571 bits per heavy atom. The van der Waals surface area contributed by atoms with Gasteiger partial charge in [0.1, 0.15) is 12.1 Å². The van der Waals surface area contributed by atoms with Crippen molar-refractivity contribution in [2.75, 3.05) is 30.8 Å². The number of carboxylic acids is 1. The molecule has 0 unspecified atom stereocenters. The molecule has 6 aromatic rings. The summed E-state index contributed by atoms with van der Waals surface area (Å²) >= 11 is 0. The van der Waals surface area contributed by atoms with Crippen LogP contribution in [0.5, 0.6) is 0 Å². The quantitative estimate of drug-likeness (QED) is 0.0852. The summed E-state index contributed by atoms with van der Waals surface area (Å²) in [6.07, 6.45) is 12.1. The Balaban J connectivity index is 0.000000160.